The molecule has 1 aliphatic rings. The van der Waals surface area contributed by atoms with Crippen molar-refractivity contribution < 1.29 is 14.0 Å². The van der Waals surface area contributed by atoms with Crippen LogP contribution in [0.1, 0.15) is 18.4 Å². The maximum absolute atomic E-state index is 13.8. The highest BCUT2D eigenvalue weighted by Crippen LogP contribution is 2.21. The molecule has 0 radical (unpaired) electrons. The van der Waals surface area contributed by atoms with Gasteiger partial charge in [0.2, 0.25) is 0 Å². The molecule has 0 unspecified atom stereocenters. The average molecular weight is 345 g/mol. The number of aromatic nitrogens is 2. The molecular formula is C17H20FN5O2. The molecule has 1 aromatic carbocycles. The van der Waals surface area contributed by atoms with Crippen LogP contribution < -0.4 is 15.5 Å². The Morgan fingerprint density at radius 2 is 2.16 bits per heavy atom. The quantitative estimate of drug-likeness (QED) is 0.895. The first-order chi connectivity index (χ1) is 12.0. The maximum Gasteiger partial charge on any atom is 0.319 e. The van der Waals surface area contributed by atoms with Crippen LogP contribution in [0.4, 0.5) is 20.7 Å². The summed E-state index contributed by atoms with van der Waals surface area (Å²) in [5, 5.41) is 9.36. The number of nitrogens with zero attached hydrogens (tertiary/aromatic N) is 3. The van der Waals surface area contributed by atoms with Crippen LogP contribution in [0, 0.1) is 12.7 Å². The van der Waals surface area contributed by atoms with Crippen molar-refractivity contribution in [2.45, 2.75) is 25.8 Å². The Kier molecular flexibility index (Phi) is 4.69. The second-order valence-corrected chi connectivity index (χ2v) is 6.06. The molecule has 2 heterocycles. The van der Waals surface area contributed by atoms with E-state index >= 15 is 0 Å². The molecule has 7 nitrogen and oxygen atoms in total. The third-order valence-corrected chi connectivity index (χ3v) is 4.18. The third-order valence-electron chi connectivity index (χ3n) is 4.18. The molecule has 0 spiro atoms. The minimum atomic E-state index is -0.664. The molecule has 3 amide bonds. The van der Waals surface area contributed by atoms with Crippen LogP contribution in [0.5, 0.6) is 0 Å². The largest absolute Gasteiger partial charge is 0.326 e. The highest BCUT2D eigenvalue weighted by Gasteiger charge is 2.32. The Morgan fingerprint density at radius 3 is 2.84 bits per heavy atom. The molecule has 132 valence electrons. The number of halogens is 1. The van der Waals surface area contributed by atoms with Crippen molar-refractivity contribution >= 4 is 23.4 Å². The number of hydrogen-bond acceptors (Lipinski definition) is 3. The zero-order valence-corrected chi connectivity index (χ0v) is 14.1. The third kappa shape index (κ3) is 3.62. The van der Waals surface area contributed by atoms with Gasteiger partial charge in [-0.15, -0.1) is 0 Å². The minimum Gasteiger partial charge on any atom is -0.326 e. The number of carbonyl (C=O) groups is 2. The summed E-state index contributed by atoms with van der Waals surface area (Å²) in [6, 6.07) is 5.04. The number of amides is 3. The molecule has 2 aromatic rings. The summed E-state index contributed by atoms with van der Waals surface area (Å²) in [4.78, 5) is 26.4. The van der Waals surface area contributed by atoms with Crippen LogP contribution in [0.15, 0.2) is 30.5 Å². The van der Waals surface area contributed by atoms with Gasteiger partial charge in [0, 0.05) is 25.9 Å². The number of aryl methyl sites for hydroxylation is 2. The lowest BCUT2D eigenvalue weighted by atomic mass is 10.1. The standard InChI is InChI=1S/C17H20FN5O2/c1-11-5-3-6-12(18)15(11)20-17(25)19-13-7-4-9-23(16(13)24)14-8-10-22(2)21-14/h3,5-6,8,10,13H,4,7,9H2,1-2H3,(H2,19,20,25)/t13-/m1/s1. The number of piperidine rings is 1. The van der Waals surface area contributed by atoms with Crippen LogP contribution >= 0.6 is 0 Å². The van der Waals surface area contributed by atoms with Crippen LogP contribution in [-0.2, 0) is 11.8 Å². The monoisotopic (exact) mass is 345 g/mol. The summed E-state index contributed by atoms with van der Waals surface area (Å²) in [7, 11) is 1.78. The SMILES string of the molecule is Cc1cccc(F)c1NC(=O)N[C@@H]1CCCN(c2ccn(C)n2)C1=O. The van der Waals surface area contributed by atoms with Gasteiger partial charge in [-0.3, -0.25) is 14.4 Å². The second-order valence-electron chi connectivity index (χ2n) is 6.06. The van der Waals surface area contributed by atoms with Crippen LogP contribution in [0.2, 0.25) is 0 Å². The number of benzene rings is 1. The van der Waals surface area contributed by atoms with Crippen LogP contribution in [0.3, 0.4) is 0 Å². The van der Waals surface area contributed by atoms with Gasteiger partial charge in [0.15, 0.2) is 5.82 Å². The fourth-order valence-corrected chi connectivity index (χ4v) is 2.88. The molecule has 0 saturated carbocycles. The zero-order chi connectivity index (χ0) is 18.0. The van der Waals surface area contributed by atoms with Crippen molar-refractivity contribution in [1.29, 1.82) is 0 Å². The molecule has 1 atom stereocenters. The number of urea groups is 1. The number of carbonyl (C=O) groups excluding carboxylic acids is 2. The van der Waals surface area contributed by atoms with E-state index in [4.69, 9.17) is 0 Å². The van der Waals surface area contributed by atoms with E-state index < -0.39 is 17.9 Å². The van der Waals surface area contributed by atoms with Crippen molar-refractivity contribution in [2.75, 3.05) is 16.8 Å². The Balaban J connectivity index is 1.67. The molecule has 1 aliphatic heterocycles. The predicted molar refractivity (Wildman–Crippen MR) is 91.9 cm³/mol. The minimum absolute atomic E-state index is 0.116. The van der Waals surface area contributed by atoms with Crippen LogP contribution in [0.25, 0.3) is 0 Å². The molecule has 1 fully saturated rings. The molecule has 1 saturated heterocycles. The van der Waals surface area contributed by atoms with Gasteiger partial charge >= 0.3 is 6.03 Å². The van der Waals surface area contributed by atoms with Crippen molar-refractivity contribution in [2.24, 2.45) is 7.05 Å². The van der Waals surface area contributed by atoms with Gasteiger partial charge in [-0.05, 0) is 31.4 Å². The smallest absolute Gasteiger partial charge is 0.319 e. The Hall–Kier alpha value is -2.90. The lowest BCUT2D eigenvalue weighted by molar-refractivity contribution is -0.121. The number of para-hydroxylation sites is 1. The molecular weight excluding hydrogens is 325 g/mol. The van der Waals surface area contributed by atoms with Gasteiger partial charge in [0.1, 0.15) is 11.9 Å². The van der Waals surface area contributed by atoms with E-state index in [1.54, 1.807) is 47.9 Å². The van der Waals surface area contributed by atoms with Gasteiger partial charge in [-0.25, -0.2) is 9.18 Å². The van der Waals surface area contributed by atoms with E-state index in [1.165, 1.54) is 6.07 Å². The molecule has 0 aliphatic carbocycles. The number of rotatable bonds is 3. The van der Waals surface area contributed by atoms with Gasteiger partial charge in [0.25, 0.3) is 5.91 Å². The predicted octanol–water partition coefficient (Wildman–Crippen LogP) is 2.18. The summed E-state index contributed by atoms with van der Waals surface area (Å²) < 4.78 is 15.4. The first-order valence-electron chi connectivity index (χ1n) is 8.09. The van der Waals surface area contributed by atoms with Crippen molar-refractivity contribution in [3.8, 4) is 0 Å². The fraction of sp³-hybridized carbons (Fsp3) is 0.353. The molecule has 1 aromatic heterocycles. The highest BCUT2D eigenvalue weighted by atomic mass is 19.1. The summed E-state index contributed by atoms with van der Waals surface area (Å²) in [5.74, 6) is -0.171. The normalized spacial score (nSPS) is 17.5. The first kappa shape index (κ1) is 16.9. The number of hydrogen-bond donors (Lipinski definition) is 2. The second kappa shape index (κ2) is 6.92. The van der Waals surface area contributed by atoms with Crippen LogP contribution in [-0.4, -0.2) is 34.3 Å². The van der Waals surface area contributed by atoms with E-state index in [1.807, 2.05) is 0 Å². The summed E-state index contributed by atoms with van der Waals surface area (Å²) in [5.41, 5.74) is 0.727. The van der Waals surface area contributed by atoms with Gasteiger partial charge in [0.05, 0.1) is 5.69 Å². The summed E-state index contributed by atoms with van der Waals surface area (Å²) in [6.07, 6.45) is 3.03. The van der Waals surface area contributed by atoms with Gasteiger partial charge in [-0.2, -0.15) is 5.10 Å². The topological polar surface area (TPSA) is 79.3 Å². The molecule has 2 N–H and O–H groups in total. The Bertz CT molecular complexity index is 784. The van der Waals surface area contributed by atoms with E-state index in [2.05, 4.69) is 15.7 Å². The molecule has 25 heavy (non-hydrogen) atoms. The average Bonchev–Trinajstić information content (AvgIpc) is 2.99. The molecule has 8 heteroatoms. The lowest BCUT2D eigenvalue weighted by Gasteiger charge is -2.31. The van der Waals surface area contributed by atoms with Gasteiger partial charge in [-0.1, -0.05) is 12.1 Å². The van der Waals surface area contributed by atoms with E-state index in [0.29, 0.717) is 24.3 Å². The zero-order valence-electron chi connectivity index (χ0n) is 14.1. The van der Waals surface area contributed by atoms with E-state index in [9.17, 15) is 14.0 Å². The molecule has 0 bridgehead atoms. The molecule has 3 rings (SSSR count). The van der Waals surface area contributed by atoms with Crippen molar-refractivity contribution in [3.05, 3.63) is 41.8 Å². The fourth-order valence-electron chi connectivity index (χ4n) is 2.88. The Morgan fingerprint density at radius 1 is 1.36 bits per heavy atom. The van der Waals surface area contributed by atoms with Crippen molar-refractivity contribution in [1.82, 2.24) is 15.1 Å². The van der Waals surface area contributed by atoms with Gasteiger partial charge < -0.3 is 10.6 Å². The van der Waals surface area contributed by atoms with Crippen molar-refractivity contribution in [3.63, 3.8) is 0 Å². The maximum atomic E-state index is 13.8. The number of anilines is 2. The first-order valence-corrected chi connectivity index (χ1v) is 8.09. The number of nitrogens with one attached hydrogen (secondary N) is 2. The van der Waals surface area contributed by atoms with E-state index in [-0.39, 0.29) is 11.6 Å². The summed E-state index contributed by atoms with van der Waals surface area (Å²) >= 11 is 0. The van der Waals surface area contributed by atoms with E-state index in [0.717, 1.165) is 6.42 Å². The summed E-state index contributed by atoms with van der Waals surface area (Å²) in [6.45, 7) is 2.26. The Labute approximate surface area is 144 Å². The lowest BCUT2D eigenvalue weighted by Crippen LogP contribution is -2.53. The highest BCUT2D eigenvalue weighted by molar-refractivity contribution is 6.01.